The Hall–Kier alpha value is -3.01. The van der Waals surface area contributed by atoms with Gasteiger partial charge in [0.2, 0.25) is 0 Å². The minimum absolute atomic E-state index is 0.193. The monoisotopic (exact) mass is 359 g/mol. The van der Waals surface area contributed by atoms with Gasteiger partial charge in [-0.1, -0.05) is 30.3 Å². The van der Waals surface area contributed by atoms with E-state index in [9.17, 15) is 9.59 Å². The summed E-state index contributed by atoms with van der Waals surface area (Å²) in [4.78, 5) is 30.0. The van der Waals surface area contributed by atoms with Crippen molar-refractivity contribution in [2.45, 2.75) is 33.1 Å². The number of benzene rings is 2. The predicted molar refractivity (Wildman–Crippen MR) is 104 cm³/mol. The first-order valence-electron chi connectivity index (χ1n) is 9.22. The van der Waals surface area contributed by atoms with Crippen molar-refractivity contribution in [3.63, 3.8) is 0 Å². The van der Waals surface area contributed by atoms with E-state index in [1.165, 1.54) is 0 Å². The first-order valence-corrected chi connectivity index (χ1v) is 9.22. The Bertz CT molecular complexity index is 1070. The highest BCUT2D eigenvalue weighted by atomic mass is 16.5. The number of carbonyl (C=O) groups is 2. The van der Waals surface area contributed by atoms with Gasteiger partial charge < -0.3 is 4.74 Å². The summed E-state index contributed by atoms with van der Waals surface area (Å²) in [5, 5.41) is 0.793. The second-order valence-electron chi connectivity index (χ2n) is 7.08. The van der Waals surface area contributed by atoms with Crippen LogP contribution in [0.3, 0.4) is 0 Å². The van der Waals surface area contributed by atoms with E-state index in [2.05, 4.69) is 4.98 Å². The normalized spacial score (nSPS) is 12.8. The molecular formula is C23H21NO3. The summed E-state index contributed by atoms with van der Waals surface area (Å²) in [7, 11) is 0. The van der Waals surface area contributed by atoms with E-state index in [-0.39, 0.29) is 12.4 Å². The number of ketones is 1. The molecule has 1 aliphatic rings. The summed E-state index contributed by atoms with van der Waals surface area (Å²) in [6.07, 6.45) is 2.69. The van der Waals surface area contributed by atoms with Gasteiger partial charge in [0.15, 0.2) is 12.4 Å². The number of rotatable bonds is 4. The molecule has 0 bridgehead atoms. The molecule has 0 saturated heterocycles. The Balaban J connectivity index is 1.60. The molecule has 0 amide bonds. The second-order valence-corrected chi connectivity index (χ2v) is 7.08. The van der Waals surface area contributed by atoms with E-state index < -0.39 is 5.97 Å². The van der Waals surface area contributed by atoms with Crippen LogP contribution in [0.4, 0.5) is 0 Å². The topological polar surface area (TPSA) is 56.3 Å². The van der Waals surface area contributed by atoms with E-state index in [0.717, 1.165) is 52.5 Å². The summed E-state index contributed by atoms with van der Waals surface area (Å²) >= 11 is 0. The van der Waals surface area contributed by atoms with E-state index in [0.29, 0.717) is 11.1 Å². The third-order valence-electron chi connectivity index (χ3n) is 5.29. The van der Waals surface area contributed by atoms with Crippen LogP contribution < -0.4 is 0 Å². The lowest BCUT2D eigenvalue weighted by Gasteiger charge is -2.12. The molecule has 1 heterocycles. The molecule has 1 aromatic heterocycles. The minimum Gasteiger partial charge on any atom is -0.454 e. The Labute approximate surface area is 158 Å². The van der Waals surface area contributed by atoms with Crippen LogP contribution in [0, 0.1) is 13.8 Å². The fourth-order valence-electron chi connectivity index (χ4n) is 3.65. The lowest BCUT2D eigenvalue weighted by atomic mass is 10.0. The molecule has 0 radical (unpaired) electrons. The van der Waals surface area contributed by atoms with E-state index >= 15 is 0 Å². The number of ether oxygens (including phenoxy) is 1. The number of para-hydroxylation sites is 1. The fourth-order valence-corrected chi connectivity index (χ4v) is 3.65. The molecule has 0 unspecified atom stereocenters. The average molecular weight is 359 g/mol. The molecule has 0 fully saturated rings. The molecule has 1 aliphatic carbocycles. The summed E-state index contributed by atoms with van der Waals surface area (Å²) < 4.78 is 5.43. The van der Waals surface area contributed by atoms with E-state index in [1.807, 2.05) is 50.2 Å². The number of fused-ring (bicyclic) bond motifs is 2. The Morgan fingerprint density at radius 3 is 2.67 bits per heavy atom. The van der Waals surface area contributed by atoms with Crippen molar-refractivity contribution < 1.29 is 14.3 Å². The van der Waals surface area contributed by atoms with Crippen LogP contribution >= 0.6 is 0 Å². The number of carbonyl (C=O) groups excluding carboxylic acids is 2. The minimum atomic E-state index is -0.441. The molecule has 0 N–H and O–H groups in total. The van der Waals surface area contributed by atoms with Crippen molar-refractivity contribution in [3.05, 3.63) is 76.0 Å². The van der Waals surface area contributed by atoms with Crippen molar-refractivity contribution in [1.82, 2.24) is 4.98 Å². The number of hydrogen-bond acceptors (Lipinski definition) is 4. The number of Topliss-reactive ketones (excluding diaryl/α,β-unsaturated/α-hetero) is 1. The number of pyridine rings is 1. The van der Waals surface area contributed by atoms with Crippen molar-refractivity contribution in [1.29, 1.82) is 0 Å². The molecule has 2 aromatic carbocycles. The van der Waals surface area contributed by atoms with E-state index in [4.69, 9.17) is 4.74 Å². The largest absolute Gasteiger partial charge is 0.454 e. The van der Waals surface area contributed by atoms with Gasteiger partial charge in [-0.05, 0) is 61.9 Å². The molecule has 4 heteroatoms. The van der Waals surface area contributed by atoms with Gasteiger partial charge in [0.25, 0.3) is 0 Å². The Kier molecular flexibility index (Phi) is 4.48. The average Bonchev–Trinajstić information content (AvgIpc) is 3.13. The van der Waals surface area contributed by atoms with Crippen LogP contribution in [0.15, 0.2) is 42.5 Å². The Morgan fingerprint density at radius 2 is 1.85 bits per heavy atom. The van der Waals surface area contributed by atoms with Gasteiger partial charge in [0.1, 0.15) is 0 Å². The number of aryl methyl sites for hydroxylation is 3. The standard InChI is InChI=1S/C23H21NO3/c1-14-10-11-16(12-15(14)2)21(25)13-27-23(26)22-17-6-3-4-8-19(17)24-20-9-5-7-18(20)22/h3-4,6,8,10-12H,5,7,9,13H2,1-2H3. The number of hydrogen-bond donors (Lipinski definition) is 0. The van der Waals surface area contributed by atoms with Crippen molar-refractivity contribution >= 4 is 22.7 Å². The van der Waals surface area contributed by atoms with Gasteiger partial charge in [0.05, 0.1) is 11.1 Å². The summed E-state index contributed by atoms with van der Waals surface area (Å²) in [6, 6.07) is 13.1. The summed E-state index contributed by atoms with van der Waals surface area (Å²) in [5.74, 6) is -0.634. The molecule has 4 nitrogen and oxygen atoms in total. The highest BCUT2D eigenvalue weighted by Gasteiger charge is 2.25. The molecule has 0 aliphatic heterocycles. The Morgan fingerprint density at radius 1 is 1.04 bits per heavy atom. The smallest absolute Gasteiger partial charge is 0.339 e. The zero-order chi connectivity index (χ0) is 19.0. The molecule has 0 spiro atoms. The van der Waals surface area contributed by atoms with Crippen molar-refractivity contribution in [2.24, 2.45) is 0 Å². The van der Waals surface area contributed by atoms with Crippen LogP contribution in [0.1, 0.15) is 49.5 Å². The van der Waals surface area contributed by atoms with Crippen molar-refractivity contribution in [2.75, 3.05) is 6.61 Å². The van der Waals surface area contributed by atoms with Crippen molar-refractivity contribution in [3.8, 4) is 0 Å². The van der Waals surface area contributed by atoms with Gasteiger partial charge in [-0.2, -0.15) is 0 Å². The third kappa shape index (κ3) is 3.23. The molecule has 3 aromatic rings. The van der Waals surface area contributed by atoms with Gasteiger partial charge >= 0.3 is 5.97 Å². The zero-order valence-corrected chi connectivity index (χ0v) is 15.5. The molecule has 27 heavy (non-hydrogen) atoms. The number of nitrogens with zero attached hydrogens (tertiary/aromatic N) is 1. The number of aromatic nitrogens is 1. The van der Waals surface area contributed by atoms with Crippen LogP contribution in [0.2, 0.25) is 0 Å². The molecular weight excluding hydrogens is 338 g/mol. The predicted octanol–water partition coefficient (Wildman–Crippen LogP) is 4.38. The van der Waals surface area contributed by atoms with Gasteiger partial charge in [-0.3, -0.25) is 9.78 Å². The maximum Gasteiger partial charge on any atom is 0.339 e. The highest BCUT2D eigenvalue weighted by Crippen LogP contribution is 2.30. The second kappa shape index (κ2) is 6.95. The van der Waals surface area contributed by atoms with Gasteiger partial charge in [-0.15, -0.1) is 0 Å². The molecule has 136 valence electrons. The van der Waals surface area contributed by atoms with Crippen LogP contribution in [0.5, 0.6) is 0 Å². The van der Waals surface area contributed by atoms with E-state index in [1.54, 1.807) is 6.07 Å². The lowest BCUT2D eigenvalue weighted by molar-refractivity contribution is 0.0475. The summed E-state index contributed by atoms with van der Waals surface area (Å²) in [6.45, 7) is 3.70. The van der Waals surface area contributed by atoms with Crippen LogP contribution in [-0.2, 0) is 17.6 Å². The van der Waals surface area contributed by atoms with Gasteiger partial charge in [0, 0.05) is 16.6 Å². The third-order valence-corrected chi connectivity index (χ3v) is 5.29. The first kappa shape index (κ1) is 17.4. The maximum atomic E-state index is 12.9. The SMILES string of the molecule is Cc1ccc(C(=O)COC(=O)c2c3c(nc4ccccc24)CCC3)cc1C. The number of esters is 1. The zero-order valence-electron chi connectivity index (χ0n) is 15.5. The van der Waals surface area contributed by atoms with Gasteiger partial charge in [-0.25, -0.2) is 4.79 Å². The first-order chi connectivity index (χ1) is 13.0. The molecule has 0 atom stereocenters. The fraction of sp³-hybridized carbons (Fsp3) is 0.261. The quantitative estimate of drug-likeness (QED) is 0.512. The molecule has 0 saturated carbocycles. The maximum absolute atomic E-state index is 12.9. The summed E-state index contributed by atoms with van der Waals surface area (Å²) in [5.41, 5.74) is 6.05. The lowest BCUT2D eigenvalue weighted by Crippen LogP contribution is -2.16. The molecule has 4 rings (SSSR count). The van der Waals surface area contributed by atoms with Crippen LogP contribution in [-0.4, -0.2) is 23.3 Å². The highest BCUT2D eigenvalue weighted by molar-refractivity contribution is 6.06. The van der Waals surface area contributed by atoms with Crippen LogP contribution in [0.25, 0.3) is 10.9 Å².